The van der Waals surface area contributed by atoms with Gasteiger partial charge in [0, 0.05) is 0 Å². The van der Waals surface area contributed by atoms with Gasteiger partial charge in [0.1, 0.15) is 12.1 Å². The van der Waals surface area contributed by atoms with Crippen LogP contribution in [0.1, 0.15) is 6.92 Å². The van der Waals surface area contributed by atoms with Crippen LogP contribution >= 0.6 is 0 Å². The number of aliphatic imine (C=N–C) groups is 2. The molecule has 10 N–H and O–H groups in total. The van der Waals surface area contributed by atoms with E-state index in [1.165, 1.54) is 11.8 Å². The second-order valence-corrected chi connectivity index (χ2v) is 7.11. The molecule has 3 rings (SSSR count). The Balaban J connectivity index is 2.18. The van der Waals surface area contributed by atoms with Crippen molar-refractivity contribution in [2.75, 3.05) is 6.61 Å². The summed E-state index contributed by atoms with van der Waals surface area (Å²) in [5.41, 5.74) is 9.70. The van der Waals surface area contributed by atoms with E-state index in [4.69, 9.17) is 16.6 Å². The minimum atomic E-state index is -4.51. The van der Waals surface area contributed by atoms with Gasteiger partial charge in [0.2, 0.25) is 5.79 Å². The van der Waals surface area contributed by atoms with E-state index in [0.29, 0.717) is 0 Å². The molecule has 0 aromatic carbocycles. The highest BCUT2D eigenvalue weighted by atomic mass is 32.2. The molecule has 136 valence electrons. The fourth-order valence-corrected chi connectivity index (χ4v) is 4.32. The molecule has 0 aromatic rings. The molecule has 0 aliphatic carbocycles. The van der Waals surface area contributed by atoms with Crippen LogP contribution in [0, 0.1) is 0 Å². The van der Waals surface area contributed by atoms with Crippen molar-refractivity contribution in [1.82, 2.24) is 10.2 Å². The summed E-state index contributed by atoms with van der Waals surface area (Å²) in [4.78, 5) is 9.35. The Kier molecular flexibility index (Phi) is 3.50. The summed E-state index contributed by atoms with van der Waals surface area (Å²) in [5.74, 6) is -3.14. The average Bonchev–Trinajstić information content (AvgIpc) is 2.86. The lowest BCUT2D eigenvalue weighted by Crippen LogP contribution is -2.77. The van der Waals surface area contributed by atoms with Gasteiger partial charge in [0.05, 0.1) is 12.6 Å². The molecule has 3 aliphatic heterocycles. The highest BCUT2D eigenvalue weighted by Crippen LogP contribution is 2.48. The van der Waals surface area contributed by atoms with Crippen molar-refractivity contribution in [3.05, 3.63) is 0 Å². The summed E-state index contributed by atoms with van der Waals surface area (Å²) in [6.45, 7) is 0.950. The molecule has 14 heteroatoms. The maximum Gasteiger partial charge on any atom is 0.333 e. The fourth-order valence-electron chi connectivity index (χ4n) is 3.73. The van der Waals surface area contributed by atoms with Crippen molar-refractivity contribution < 1.29 is 27.9 Å². The topological polar surface area (TPSA) is 222 Å². The van der Waals surface area contributed by atoms with Gasteiger partial charge >= 0.3 is 10.3 Å². The third-order valence-corrected chi connectivity index (χ3v) is 5.02. The number of guanidine groups is 2. The molecule has 3 heterocycles. The smallest absolute Gasteiger partial charge is 0.333 e. The Morgan fingerprint density at radius 1 is 1.38 bits per heavy atom. The van der Waals surface area contributed by atoms with Crippen molar-refractivity contribution in [2.24, 2.45) is 26.6 Å². The van der Waals surface area contributed by atoms with E-state index in [9.17, 15) is 23.7 Å². The maximum atomic E-state index is 11.3. The summed E-state index contributed by atoms with van der Waals surface area (Å²) in [7, 11) is -4.51. The lowest BCUT2D eigenvalue weighted by Gasteiger charge is -2.49. The highest BCUT2D eigenvalue weighted by molar-refractivity contribution is 7.84. The van der Waals surface area contributed by atoms with Crippen molar-refractivity contribution in [1.29, 1.82) is 0 Å². The highest BCUT2D eigenvalue weighted by Gasteiger charge is 2.76. The Morgan fingerprint density at radius 2 is 2.00 bits per heavy atom. The molecule has 5 atom stereocenters. The summed E-state index contributed by atoms with van der Waals surface area (Å²) >= 11 is 0. The zero-order chi connectivity index (χ0) is 18.1. The van der Waals surface area contributed by atoms with Crippen LogP contribution in [0.3, 0.4) is 0 Å². The average molecular weight is 365 g/mol. The second kappa shape index (κ2) is 4.90. The molecule has 1 saturated heterocycles. The van der Waals surface area contributed by atoms with Gasteiger partial charge in [-0.1, -0.05) is 0 Å². The fraction of sp³-hybridized carbons (Fsp3) is 0.800. The molecule has 0 aromatic heterocycles. The van der Waals surface area contributed by atoms with Gasteiger partial charge in [-0.2, -0.15) is 8.42 Å². The zero-order valence-corrected chi connectivity index (χ0v) is 13.4. The Morgan fingerprint density at radius 3 is 2.54 bits per heavy atom. The zero-order valence-electron chi connectivity index (χ0n) is 12.6. The van der Waals surface area contributed by atoms with Gasteiger partial charge < -0.3 is 37.0 Å². The van der Waals surface area contributed by atoms with Crippen LogP contribution in [0.15, 0.2) is 9.98 Å². The van der Waals surface area contributed by atoms with Crippen LogP contribution in [0.2, 0.25) is 0 Å². The third kappa shape index (κ3) is 2.01. The van der Waals surface area contributed by atoms with Gasteiger partial charge in [-0.15, -0.1) is 0 Å². The number of nitrogens with one attached hydrogen (secondary N) is 1. The minimum Gasteiger partial charge on any atom is -0.394 e. The number of nitrogens with two attached hydrogens (primary N) is 3. The lowest BCUT2D eigenvalue weighted by atomic mass is 9.86. The first-order chi connectivity index (χ1) is 11.0. The SMILES string of the molecule is C[C@H]1[C@H](OS(N)(=O)=O)C(O)(O)[C@]23NC(N)=N[C@H]2[C@H](CO)N=C(N)N13. The number of nitrogens with zero attached hydrogens (tertiary/aromatic N) is 3. The van der Waals surface area contributed by atoms with Gasteiger partial charge in [-0.25, -0.2) is 19.3 Å². The van der Waals surface area contributed by atoms with Gasteiger partial charge in [-0.05, 0) is 6.92 Å². The summed E-state index contributed by atoms with van der Waals surface area (Å²) in [6, 6.07) is -2.95. The van der Waals surface area contributed by atoms with Crippen molar-refractivity contribution in [3.63, 3.8) is 0 Å². The van der Waals surface area contributed by atoms with E-state index in [0.717, 1.165) is 0 Å². The molecule has 13 nitrogen and oxygen atoms in total. The van der Waals surface area contributed by atoms with Crippen molar-refractivity contribution >= 4 is 22.2 Å². The first-order valence-corrected chi connectivity index (χ1v) is 8.43. The molecular weight excluding hydrogens is 346 g/mol. The molecule has 1 spiro atoms. The van der Waals surface area contributed by atoms with Gasteiger partial charge in [-0.3, -0.25) is 0 Å². The van der Waals surface area contributed by atoms with Crippen LogP contribution in [-0.4, -0.2) is 82.8 Å². The van der Waals surface area contributed by atoms with Crippen LogP contribution in [0.25, 0.3) is 0 Å². The van der Waals surface area contributed by atoms with Crippen molar-refractivity contribution in [2.45, 2.75) is 42.6 Å². The standard InChI is InChI=1S/C10H19N7O6S/c1-3-6(23-24(13,21)22)10(19,20)9-5(15-7(11)16-9)4(2-18)14-8(12)17(3)9/h3-6,18-20H,2H2,1H3,(H2,12,14)(H3,11,15,16)(H2,13,21,22)/t3-,4-,5-,6-,9-/m0/s1. The molecule has 3 aliphatic rings. The molecule has 0 bridgehead atoms. The number of hydrogen-bond acceptors (Lipinski definition) is 12. The third-order valence-electron chi connectivity index (χ3n) is 4.54. The molecule has 0 saturated carbocycles. The van der Waals surface area contributed by atoms with Crippen molar-refractivity contribution in [3.8, 4) is 0 Å². The number of aliphatic hydroxyl groups is 3. The van der Waals surface area contributed by atoms with Crippen LogP contribution in [0.4, 0.5) is 0 Å². The summed E-state index contributed by atoms with van der Waals surface area (Å²) < 4.78 is 27.3. The molecule has 0 radical (unpaired) electrons. The lowest BCUT2D eigenvalue weighted by molar-refractivity contribution is -0.252. The van der Waals surface area contributed by atoms with Crippen LogP contribution in [0.5, 0.6) is 0 Å². The van der Waals surface area contributed by atoms with Gasteiger partial charge in [0.25, 0.3) is 0 Å². The minimum absolute atomic E-state index is 0.149. The van der Waals surface area contributed by atoms with E-state index < -0.39 is 52.6 Å². The molecule has 0 unspecified atom stereocenters. The molecule has 0 amide bonds. The Hall–Kier alpha value is -1.71. The predicted molar refractivity (Wildman–Crippen MR) is 80.2 cm³/mol. The number of rotatable bonds is 3. The van der Waals surface area contributed by atoms with E-state index in [-0.39, 0.29) is 11.9 Å². The maximum absolute atomic E-state index is 11.3. The predicted octanol–water partition coefficient (Wildman–Crippen LogP) is -5.37. The number of aliphatic hydroxyl groups excluding tert-OH is 1. The molecular formula is C10H19N7O6S. The molecule has 1 fully saturated rings. The Labute approximate surface area is 137 Å². The second-order valence-electron chi connectivity index (χ2n) is 5.93. The Bertz CT molecular complexity index is 723. The first kappa shape index (κ1) is 17.1. The normalized spacial score (nSPS) is 40.5. The van der Waals surface area contributed by atoms with E-state index in [1.54, 1.807) is 0 Å². The largest absolute Gasteiger partial charge is 0.394 e. The van der Waals surface area contributed by atoms with E-state index >= 15 is 0 Å². The van der Waals surface area contributed by atoms with Crippen LogP contribution < -0.4 is 21.9 Å². The first-order valence-electron chi connectivity index (χ1n) is 6.96. The monoisotopic (exact) mass is 365 g/mol. The summed E-state index contributed by atoms with van der Waals surface area (Å²) in [6.07, 6.45) is -1.71. The van der Waals surface area contributed by atoms with Gasteiger partial charge in [0.15, 0.2) is 23.7 Å². The summed E-state index contributed by atoms with van der Waals surface area (Å²) in [5, 5.41) is 38.6. The van der Waals surface area contributed by atoms with Crippen LogP contribution in [-0.2, 0) is 14.5 Å². The quantitative estimate of drug-likeness (QED) is 0.235. The molecule has 24 heavy (non-hydrogen) atoms. The van der Waals surface area contributed by atoms with E-state index in [1.807, 2.05) is 0 Å². The van der Waals surface area contributed by atoms with E-state index in [2.05, 4.69) is 19.5 Å². The number of hydrogen-bond donors (Lipinski definition) is 7.